The fraction of sp³-hybridized carbons (Fsp3) is 0.500. The van der Waals surface area contributed by atoms with Crippen LogP contribution in [0, 0.1) is 0 Å². The van der Waals surface area contributed by atoms with E-state index >= 15 is 0 Å². The van der Waals surface area contributed by atoms with Crippen molar-refractivity contribution in [3.63, 3.8) is 0 Å². The zero-order valence-electron chi connectivity index (χ0n) is 9.69. The van der Waals surface area contributed by atoms with Crippen molar-refractivity contribution in [2.45, 2.75) is 36.8 Å². The molecule has 1 amide bonds. The van der Waals surface area contributed by atoms with Crippen molar-refractivity contribution < 1.29 is 4.79 Å². The van der Waals surface area contributed by atoms with Crippen LogP contribution in [-0.4, -0.2) is 22.7 Å². The standard InChI is InChI=1S/C12H17N3OS/c13-10-6-3-7-14-12(10)17-8-11(16)15-9-4-1-2-5-9/h3,6-7,9H,1-2,4-5,8,13H2,(H,15,16). The van der Waals surface area contributed by atoms with Gasteiger partial charge in [0, 0.05) is 12.2 Å². The average Bonchev–Trinajstić information content (AvgIpc) is 2.81. The molecule has 0 aromatic carbocycles. The second-order valence-electron chi connectivity index (χ2n) is 4.24. The van der Waals surface area contributed by atoms with Gasteiger partial charge in [-0.3, -0.25) is 4.79 Å². The van der Waals surface area contributed by atoms with Gasteiger partial charge in [0.1, 0.15) is 5.03 Å². The largest absolute Gasteiger partial charge is 0.397 e. The predicted molar refractivity (Wildman–Crippen MR) is 69.8 cm³/mol. The summed E-state index contributed by atoms with van der Waals surface area (Å²) in [7, 11) is 0. The van der Waals surface area contributed by atoms with Gasteiger partial charge in [-0.25, -0.2) is 4.98 Å². The first-order valence-electron chi connectivity index (χ1n) is 5.88. The summed E-state index contributed by atoms with van der Waals surface area (Å²) < 4.78 is 0. The Morgan fingerprint density at radius 1 is 1.53 bits per heavy atom. The quantitative estimate of drug-likeness (QED) is 0.801. The summed E-state index contributed by atoms with van der Waals surface area (Å²) in [4.78, 5) is 15.8. The number of hydrogen-bond acceptors (Lipinski definition) is 4. The molecule has 92 valence electrons. The van der Waals surface area contributed by atoms with E-state index in [-0.39, 0.29) is 5.91 Å². The van der Waals surface area contributed by atoms with Crippen LogP contribution in [0.1, 0.15) is 25.7 Å². The summed E-state index contributed by atoms with van der Waals surface area (Å²) in [6.45, 7) is 0. The molecule has 1 aromatic heterocycles. The van der Waals surface area contributed by atoms with Crippen molar-refractivity contribution in [1.29, 1.82) is 0 Å². The lowest BCUT2D eigenvalue weighted by Gasteiger charge is -2.11. The topological polar surface area (TPSA) is 68.0 Å². The van der Waals surface area contributed by atoms with E-state index in [1.165, 1.54) is 24.6 Å². The molecule has 0 saturated heterocycles. The Balaban J connectivity index is 1.77. The van der Waals surface area contributed by atoms with E-state index < -0.39 is 0 Å². The zero-order chi connectivity index (χ0) is 12.1. The third-order valence-electron chi connectivity index (χ3n) is 2.86. The zero-order valence-corrected chi connectivity index (χ0v) is 10.5. The number of nitrogens with one attached hydrogen (secondary N) is 1. The lowest BCUT2D eigenvalue weighted by atomic mass is 10.2. The first-order chi connectivity index (χ1) is 8.25. The number of nitrogen functional groups attached to an aromatic ring is 1. The fourth-order valence-corrected chi connectivity index (χ4v) is 2.72. The number of carbonyl (C=O) groups excluding carboxylic acids is 1. The Labute approximate surface area is 105 Å². The van der Waals surface area contributed by atoms with Gasteiger partial charge in [0.05, 0.1) is 11.4 Å². The van der Waals surface area contributed by atoms with E-state index in [4.69, 9.17) is 5.73 Å². The SMILES string of the molecule is Nc1cccnc1SCC(=O)NC1CCCC1. The van der Waals surface area contributed by atoms with Crippen molar-refractivity contribution in [3.05, 3.63) is 18.3 Å². The lowest BCUT2D eigenvalue weighted by molar-refractivity contribution is -0.119. The van der Waals surface area contributed by atoms with Gasteiger partial charge in [-0.1, -0.05) is 24.6 Å². The molecular weight excluding hydrogens is 234 g/mol. The van der Waals surface area contributed by atoms with Crippen LogP contribution >= 0.6 is 11.8 Å². The van der Waals surface area contributed by atoms with Crippen molar-refractivity contribution in [3.8, 4) is 0 Å². The highest BCUT2D eigenvalue weighted by molar-refractivity contribution is 8.00. The number of rotatable bonds is 4. The van der Waals surface area contributed by atoms with E-state index in [1.807, 2.05) is 0 Å². The van der Waals surface area contributed by atoms with Gasteiger partial charge in [-0.15, -0.1) is 0 Å². The molecule has 0 bridgehead atoms. The van der Waals surface area contributed by atoms with E-state index in [0.717, 1.165) is 17.9 Å². The maximum absolute atomic E-state index is 11.7. The van der Waals surface area contributed by atoms with Crippen LogP contribution in [0.3, 0.4) is 0 Å². The average molecular weight is 251 g/mol. The second-order valence-corrected chi connectivity index (χ2v) is 5.20. The van der Waals surface area contributed by atoms with E-state index in [9.17, 15) is 4.79 Å². The normalized spacial score (nSPS) is 16.0. The van der Waals surface area contributed by atoms with E-state index in [1.54, 1.807) is 18.3 Å². The molecule has 4 nitrogen and oxygen atoms in total. The van der Waals surface area contributed by atoms with Crippen LogP contribution in [0.4, 0.5) is 5.69 Å². The molecule has 1 aromatic rings. The highest BCUT2D eigenvalue weighted by atomic mass is 32.2. The van der Waals surface area contributed by atoms with Crippen LogP contribution in [0.2, 0.25) is 0 Å². The molecule has 17 heavy (non-hydrogen) atoms. The van der Waals surface area contributed by atoms with Crippen LogP contribution in [0.5, 0.6) is 0 Å². The highest BCUT2D eigenvalue weighted by Gasteiger charge is 2.17. The monoisotopic (exact) mass is 251 g/mol. The highest BCUT2D eigenvalue weighted by Crippen LogP contribution is 2.22. The summed E-state index contributed by atoms with van der Waals surface area (Å²) in [5.41, 5.74) is 6.39. The molecule has 1 saturated carbocycles. The smallest absolute Gasteiger partial charge is 0.230 e. The van der Waals surface area contributed by atoms with Gasteiger partial charge in [0.2, 0.25) is 5.91 Å². The first kappa shape index (κ1) is 12.2. The van der Waals surface area contributed by atoms with Crippen LogP contribution in [0.25, 0.3) is 0 Å². The third-order valence-corrected chi connectivity index (χ3v) is 3.88. The molecule has 0 atom stereocenters. The number of anilines is 1. The summed E-state index contributed by atoms with van der Waals surface area (Å²) >= 11 is 1.39. The molecule has 2 rings (SSSR count). The number of amides is 1. The molecule has 0 aliphatic heterocycles. The number of thioether (sulfide) groups is 1. The number of nitrogens with zero attached hydrogens (tertiary/aromatic N) is 1. The minimum atomic E-state index is 0.0759. The van der Waals surface area contributed by atoms with Crippen molar-refractivity contribution in [2.75, 3.05) is 11.5 Å². The van der Waals surface area contributed by atoms with Gasteiger partial charge >= 0.3 is 0 Å². The Morgan fingerprint density at radius 2 is 2.29 bits per heavy atom. The Kier molecular flexibility index (Phi) is 4.25. The van der Waals surface area contributed by atoms with Gasteiger partial charge < -0.3 is 11.1 Å². The Morgan fingerprint density at radius 3 is 3.00 bits per heavy atom. The summed E-state index contributed by atoms with van der Waals surface area (Å²) in [6, 6.07) is 3.96. The number of aromatic nitrogens is 1. The van der Waals surface area contributed by atoms with Gasteiger partial charge in [-0.2, -0.15) is 0 Å². The van der Waals surface area contributed by atoms with Crippen LogP contribution in [0.15, 0.2) is 23.4 Å². The molecule has 1 aliphatic rings. The Bertz CT molecular complexity index is 391. The molecule has 0 radical (unpaired) electrons. The Hall–Kier alpha value is -1.23. The van der Waals surface area contributed by atoms with Crippen molar-refractivity contribution in [1.82, 2.24) is 10.3 Å². The molecule has 0 unspecified atom stereocenters. The molecule has 3 N–H and O–H groups in total. The maximum Gasteiger partial charge on any atom is 0.230 e. The fourth-order valence-electron chi connectivity index (χ4n) is 2.00. The van der Waals surface area contributed by atoms with Crippen molar-refractivity contribution in [2.24, 2.45) is 0 Å². The predicted octanol–water partition coefficient (Wildman–Crippen LogP) is 1.81. The third kappa shape index (κ3) is 3.63. The molecule has 1 heterocycles. The summed E-state index contributed by atoms with van der Waals surface area (Å²) in [6.07, 6.45) is 6.37. The van der Waals surface area contributed by atoms with Gasteiger partial charge in [0.25, 0.3) is 0 Å². The molecule has 5 heteroatoms. The molecule has 0 spiro atoms. The first-order valence-corrected chi connectivity index (χ1v) is 6.87. The number of carbonyl (C=O) groups is 1. The minimum absolute atomic E-state index is 0.0759. The number of pyridine rings is 1. The number of hydrogen-bond donors (Lipinski definition) is 2. The minimum Gasteiger partial charge on any atom is -0.397 e. The molecule has 1 fully saturated rings. The van der Waals surface area contributed by atoms with Crippen molar-refractivity contribution >= 4 is 23.4 Å². The molecular formula is C12H17N3OS. The van der Waals surface area contributed by atoms with Crippen LogP contribution < -0.4 is 11.1 Å². The molecule has 1 aliphatic carbocycles. The van der Waals surface area contributed by atoms with Gasteiger partial charge in [0.15, 0.2) is 0 Å². The van der Waals surface area contributed by atoms with E-state index in [0.29, 0.717) is 17.5 Å². The van der Waals surface area contributed by atoms with Crippen LogP contribution in [-0.2, 0) is 4.79 Å². The summed E-state index contributed by atoms with van der Waals surface area (Å²) in [5, 5.41) is 3.77. The van der Waals surface area contributed by atoms with Gasteiger partial charge in [-0.05, 0) is 25.0 Å². The maximum atomic E-state index is 11.7. The number of nitrogens with two attached hydrogens (primary N) is 1. The second kappa shape index (κ2) is 5.91. The van der Waals surface area contributed by atoms with E-state index in [2.05, 4.69) is 10.3 Å². The summed E-state index contributed by atoms with van der Waals surface area (Å²) in [5.74, 6) is 0.463. The lowest BCUT2D eigenvalue weighted by Crippen LogP contribution is -2.33.